The van der Waals surface area contributed by atoms with Gasteiger partial charge in [-0.25, -0.2) is 0 Å². The standard InChI is InChI=1S/C16H23N5O4/c1-3-21-7-5-13(18-21)16(22)20-6-4-12(10-20)15-17-14(25-19-15)11-24-9-8-23-2/h5,7,12H,3-4,6,8-11H2,1-2H3. The van der Waals surface area contributed by atoms with E-state index < -0.39 is 0 Å². The molecule has 0 saturated carbocycles. The average Bonchev–Trinajstić information content (AvgIpc) is 3.38. The van der Waals surface area contributed by atoms with Crippen molar-refractivity contribution in [1.82, 2.24) is 24.8 Å². The smallest absolute Gasteiger partial charge is 0.274 e. The van der Waals surface area contributed by atoms with Crippen LogP contribution in [0.5, 0.6) is 0 Å². The number of hydrogen-bond donors (Lipinski definition) is 0. The van der Waals surface area contributed by atoms with Gasteiger partial charge in [-0.1, -0.05) is 5.16 Å². The molecule has 136 valence electrons. The number of aromatic nitrogens is 4. The van der Waals surface area contributed by atoms with Gasteiger partial charge < -0.3 is 18.9 Å². The number of nitrogens with zero attached hydrogens (tertiary/aromatic N) is 5. The average molecular weight is 349 g/mol. The van der Waals surface area contributed by atoms with E-state index in [-0.39, 0.29) is 18.4 Å². The Morgan fingerprint density at radius 1 is 1.44 bits per heavy atom. The molecule has 9 heteroatoms. The molecule has 0 radical (unpaired) electrons. The molecule has 1 saturated heterocycles. The highest BCUT2D eigenvalue weighted by molar-refractivity contribution is 5.92. The minimum atomic E-state index is -0.0543. The Morgan fingerprint density at radius 2 is 2.32 bits per heavy atom. The van der Waals surface area contributed by atoms with E-state index in [0.717, 1.165) is 13.0 Å². The maximum absolute atomic E-state index is 12.5. The van der Waals surface area contributed by atoms with E-state index in [4.69, 9.17) is 14.0 Å². The van der Waals surface area contributed by atoms with E-state index in [2.05, 4.69) is 15.2 Å². The van der Waals surface area contributed by atoms with Crippen LogP contribution in [-0.4, -0.2) is 64.1 Å². The summed E-state index contributed by atoms with van der Waals surface area (Å²) < 4.78 is 17.2. The molecule has 1 amide bonds. The van der Waals surface area contributed by atoms with Gasteiger partial charge in [0.05, 0.1) is 13.2 Å². The molecular weight excluding hydrogens is 326 g/mol. The van der Waals surface area contributed by atoms with Gasteiger partial charge in [-0.2, -0.15) is 10.1 Å². The first-order chi connectivity index (χ1) is 12.2. The number of aryl methyl sites for hydroxylation is 1. The van der Waals surface area contributed by atoms with Crippen LogP contribution in [0.25, 0.3) is 0 Å². The third-order valence-electron chi connectivity index (χ3n) is 4.17. The number of amides is 1. The number of likely N-dealkylation sites (tertiary alicyclic amines) is 1. The fourth-order valence-electron chi connectivity index (χ4n) is 2.76. The number of carbonyl (C=O) groups excluding carboxylic acids is 1. The highest BCUT2D eigenvalue weighted by Gasteiger charge is 2.31. The molecule has 25 heavy (non-hydrogen) atoms. The Hall–Kier alpha value is -2.26. The maximum Gasteiger partial charge on any atom is 0.274 e. The summed E-state index contributed by atoms with van der Waals surface area (Å²) in [6.07, 6.45) is 2.62. The Bertz CT molecular complexity index is 698. The van der Waals surface area contributed by atoms with Crippen LogP contribution in [0.3, 0.4) is 0 Å². The quantitative estimate of drug-likeness (QED) is 0.658. The summed E-state index contributed by atoms with van der Waals surface area (Å²) in [6.45, 7) is 5.23. The molecule has 3 rings (SSSR count). The van der Waals surface area contributed by atoms with E-state index in [0.29, 0.717) is 43.7 Å². The topological polar surface area (TPSA) is 95.5 Å². The second-order valence-electron chi connectivity index (χ2n) is 5.89. The highest BCUT2D eigenvalue weighted by atomic mass is 16.5. The molecule has 2 aromatic heterocycles. The van der Waals surface area contributed by atoms with E-state index in [1.54, 1.807) is 22.8 Å². The molecular formula is C16H23N5O4. The molecule has 1 atom stereocenters. The first-order valence-corrected chi connectivity index (χ1v) is 8.43. The summed E-state index contributed by atoms with van der Waals surface area (Å²) in [6, 6.07) is 1.75. The van der Waals surface area contributed by atoms with E-state index in [1.807, 2.05) is 13.1 Å². The van der Waals surface area contributed by atoms with Gasteiger partial charge in [0.25, 0.3) is 11.8 Å². The zero-order chi connectivity index (χ0) is 17.6. The lowest BCUT2D eigenvalue weighted by Gasteiger charge is -2.14. The Morgan fingerprint density at radius 3 is 3.08 bits per heavy atom. The third kappa shape index (κ3) is 4.23. The summed E-state index contributed by atoms with van der Waals surface area (Å²) in [5.41, 5.74) is 0.475. The molecule has 1 aliphatic heterocycles. The molecule has 1 fully saturated rings. The summed E-state index contributed by atoms with van der Waals surface area (Å²) in [4.78, 5) is 18.7. The first kappa shape index (κ1) is 17.6. The predicted molar refractivity (Wildman–Crippen MR) is 87.0 cm³/mol. The summed E-state index contributed by atoms with van der Waals surface area (Å²) >= 11 is 0. The number of carbonyl (C=O) groups is 1. The van der Waals surface area contributed by atoms with Crippen LogP contribution in [0, 0.1) is 0 Å². The number of methoxy groups -OCH3 is 1. The van der Waals surface area contributed by atoms with Crippen LogP contribution in [0.4, 0.5) is 0 Å². The van der Waals surface area contributed by atoms with Gasteiger partial charge in [-0.05, 0) is 19.4 Å². The van der Waals surface area contributed by atoms with Crippen LogP contribution >= 0.6 is 0 Å². The van der Waals surface area contributed by atoms with Crippen molar-refractivity contribution >= 4 is 5.91 Å². The van der Waals surface area contributed by atoms with Crippen molar-refractivity contribution in [2.24, 2.45) is 0 Å². The molecule has 0 aliphatic carbocycles. The van der Waals surface area contributed by atoms with Crippen LogP contribution in [0.2, 0.25) is 0 Å². The van der Waals surface area contributed by atoms with Gasteiger partial charge in [0, 0.05) is 38.9 Å². The van der Waals surface area contributed by atoms with Crippen molar-refractivity contribution in [2.45, 2.75) is 32.4 Å². The molecule has 1 unspecified atom stereocenters. The highest BCUT2D eigenvalue weighted by Crippen LogP contribution is 2.26. The monoisotopic (exact) mass is 349 g/mol. The Balaban J connectivity index is 1.54. The normalized spacial score (nSPS) is 17.4. The number of ether oxygens (including phenoxy) is 2. The lowest BCUT2D eigenvalue weighted by atomic mass is 10.1. The fourth-order valence-corrected chi connectivity index (χ4v) is 2.76. The van der Waals surface area contributed by atoms with Crippen LogP contribution in [0.1, 0.15) is 41.5 Å². The summed E-state index contributed by atoms with van der Waals surface area (Å²) in [5.74, 6) is 1.09. The van der Waals surface area contributed by atoms with Crippen molar-refractivity contribution in [3.05, 3.63) is 29.7 Å². The predicted octanol–water partition coefficient (Wildman–Crippen LogP) is 1.08. The minimum absolute atomic E-state index is 0.0543. The van der Waals surface area contributed by atoms with E-state index in [1.165, 1.54) is 0 Å². The molecule has 3 heterocycles. The second-order valence-corrected chi connectivity index (χ2v) is 5.89. The lowest BCUT2D eigenvalue weighted by molar-refractivity contribution is 0.0494. The van der Waals surface area contributed by atoms with E-state index in [9.17, 15) is 4.79 Å². The van der Waals surface area contributed by atoms with E-state index >= 15 is 0 Å². The van der Waals surface area contributed by atoms with Crippen LogP contribution in [-0.2, 0) is 22.6 Å². The molecule has 0 aromatic carbocycles. The molecule has 0 spiro atoms. The Labute approximate surface area is 145 Å². The van der Waals surface area contributed by atoms with Crippen molar-refractivity contribution in [1.29, 1.82) is 0 Å². The van der Waals surface area contributed by atoms with Gasteiger partial charge in [0.1, 0.15) is 12.3 Å². The third-order valence-corrected chi connectivity index (χ3v) is 4.17. The van der Waals surface area contributed by atoms with Gasteiger partial charge in [0.2, 0.25) is 0 Å². The summed E-state index contributed by atoms with van der Waals surface area (Å²) in [5, 5.41) is 8.30. The minimum Gasteiger partial charge on any atom is -0.382 e. The van der Waals surface area contributed by atoms with Crippen molar-refractivity contribution < 1.29 is 18.8 Å². The van der Waals surface area contributed by atoms with Crippen molar-refractivity contribution in [3.63, 3.8) is 0 Å². The lowest BCUT2D eigenvalue weighted by Crippen LogP contribution is -2.29. The Kier molecular flexibility index (Phi) is 5.77. The van der Waals surface area contributed by atoms with Gasteiger partial charge in [-0.15, -0.1) is 0 Å². The zero-order valence-corrected chi connectivity index (χ0v) is 14.6. The largest absolute Gasteiger partial charge is 0.382 e. The fraction of sp³-hybridized carbons (Fsp3) is 0.625. The second kappa shape index (κ2) is 8.21. The van der Waals surface area contributed by atoms with Gasteiger partial charge >= 0.3 is 0 Å². The molecule has 0 bridgehead atoms. The van der Waals surface area contributed by atoms with Crippen LogP contribution < -0.4 is 0 Å². The van der Waals surface area contributed by atoms with Gasteiger partial charge in [0.15, 0.2) is 5.82 Å². The number of hydrogen-bond acceptors (Lipinski definition) is 7. The molecule has 2 aromatic rings. The molecule has 9 nitrogen and oxygen atoms in total. The molecule has 1 aliphatic rings. The van der Waals surface area contributed by atoms with Crippen molar-refractivity contribution in [2.75, 3.05) is 33.4 Å². The van der Waals surface area contributed by atoms with Crippen molar-refractivity contribution in [3.8, 4) is 0 Å². The number of rotatable bonds is 8. The first-order valence-electron chi connectivity index (χ1n) is 8.43. The zero-order valence-electron chi connectivity index (χ0n) is 14.6. The molecule has 0 N–H and O–H groups in total. The summed E-state index contributed by atoms with van der Waals surface area (Å²) in [7, 11) is 1.62. The van der Waals surface area contributed by atoms with Crippen LogP contribution in [0.15, 0.2) is 16.8 Å². The SMILES string of the molecule is CCn1ccc(C(=O)N2CCC(c3noc(COCCOC)n3)C2)n1. The van der Waals surface area contributed by atoms with Gasteiger partial charge in [-0.3, -0.25) is 9.48 Å². The maximum atomic E-state index is 12.5.